The van der Waals surface area contributed by atoms with Gasteiger partial charge in [0.25, 0.3) is 0 Å². The number of nitrogens with zero attached hydrogens (tertiary/aromatic N) is 2. The number of hydrogen-bond donors (Lipinski definition) is 1. The van der Waals surface area contributed by atoms with Crippen LogP contribution >= 0.6 is 0 Å². The average Bonchev–Trinajstić information content (AvgIpc) is 2.81. The molecule has 2 heterocycles. The van der Waals surface area contributed by atoms with Crippen molar-refractivity contribution in [2.45, 2.75) is 12.6 Å². The van der Waals surface area contributed by atoms with Crippen LogP contribution in [0.25, 0.3) is 5.69 Å². The normalized spacial score (nSPS) is 15.8. The molecule has 1 fully saturated rings. The molecule has 0 aliphatic carbocycles. The van der Waals surface area contributed by atoms with Crippen LogP contribution in [0, 0.1) is 0 Å². The molecular formula is C13H15N3O. The standard InChI is InChI=1S/C13H15N3O/c1-6-15-16(7-1)13-4-2-11(3-5-13)8-14-12-9-17-10-12/h1-7,12,14H,8-10H2. The fraction of sp³-hybridized carbons (Fsp3) is 0.308. The summed E-state index contributed by atoms with van der Waals surface area (Å²) in [6, 6.07) is 10.9. The molecule has 1 saturated heterocycles. The van der Waals surface area contributed by atoms with Crippen LogP contribution in [0.5, 0.6) is 0 Å². The molecule has 1 aliphatic rings. The molecule has 0 amide bonds. The molecule has 3 rings (SSSR count). The summed E-state index contributed by atoms with van der Waals surface area (Å²) >= 11 is 0. The first-order valence-electron chi connectivity index (χ1n) is 5.82. The van der Waals surface area contributed by atoms with E-state index in [2.05, 4.69) is 34.7 Å². The Balaban J connectivity index is 1.63. The average molecular weight is 229 g/mol. The number of ether oxygens (including phenoxy) is 1. The molecule has 88 valence electrons. The maximum absolute atomic E-state index is 5.12. The summed E-state index contributed by atoms with van der Waals surface area (Å²) in [6.07, 6.45) is 3.73. The highest BCUT2D eigenvalue weighted by molar-refractivity contribution is 5.33. The van der Waals surface area contributed by atoms with Gasteiger partial charge in [0.1, 0.15) is 0 Å². The molecular weight excluding hydrogens is 214 g/mol. The quantitative estimate of drug-likeness (QED) is 0.860. The Morgan fingerprint density at radius 2 is 2.12 bits per heavy atom. The van der Waals surface area contributed by atoms with E-state index in [-0.39, 0.29) is 0 Å². The Labute approximate surface area is 100 Å². The Hall–Kier alpha value is -1.65. The van der Waals surface area contributed by atoms with Gasteiger partial charge in [0.05, 0.1) is 24.9 Å². The van der Waals surface area contributed by atoms with E-state index in [0.29, 0.717) is 6.04 Å². The van der Waals surface area contributed by atoms with Gasteiger partial charge in [0.2, 0.25) is 0 Å². The van der Waals surface area contributed by atoms with E-state index in [1.807, 2.05) is 16.9 Å². The van der Waals surface area contributed by atoms with Crippen molar-refractivity contribution in [2.24, 2.45) is 0 Å². The zero-order valence-electron chi connectivity index (χ0n) is 9.54. The van der Waals surface area contributed by atoms with E-state index in [4.69, 9.17) is 4.74 Å². The Kier molecular flexibility index (Phi) is 2.90. The predicted molar refractivity (Wildman–Crippen MR) is 65.0 cm³/mol. The topological polar surface area (TPSA) is 39.1 Å². The second kappa shape index (κ2) is 4.69. The zero-order chi connectivity index (χ0) is 11.5. The van der Waals surface area contributed by atoms with E-state index in [0.717, 1.165) is 25.4 Å². The minimum atomic E-state index is 0.529. The molecule has 1 aromatic carbocycles. The Bertz CT molecular complexity index is 460. The fourth-order valence-electron chi connectivity index (χ4n) is 1.80. The summed E-state index contributed by atoms with van der Waals surface area (Å²) in [5.41, 5.74) is 2.37. The second-order valence-corrected chi connectivity index (χ2v) is 4.23. The fourth-order valence-corrected chi connectivity index (χ4v) is 1.80. The molecule has 1 N–H and O–H groups in total. The van der Waals surface area contributed by atoms with Crippen LogP contribution in [-0.2, 0) is 11.3 Å². The first-order valence-corrected chi connectivity index (χ1v) is 5.82. The van der Waals surface area contributed by atoms with Crippen LogP contribution in [0.4, 0.5) is 0 Å². The third-order valence-corrected chi connectivity index (χ3v) is 2.94. The molecule has 1 aromatic heterocycles. The first-order chi connectivity index (χ1) is 8.42. The maximum atomic E-state index is 5.12. The summed E-state index contributed by atoms with van der Waals surface area (Å²) in [7, 11) is 0. The number of rotatable bonds is 4. The number of hydrogen-bond acceptors (Lipinski definition) is 3. The van der Waals surface area contributed by atoms with Gasteiger partial charge in [-0.3, -0.25) is 0 Å². The summed E-state index contributed by atoms with van der Waals surface area (Å²) in [5.74, 6) is 0. The van der Waals surface area contributed by atoms with Crippen molar-refractivity contribution in [2.75, 3.05) is 13.2 Å². The summed E-state index contributed by atoms with van der Waals surface area (Å²) in [5, 5.41) is 7.64. The molecule has 0 saturated carbocycles. The SMILES string of the molecule is c1cnn(-c2ccc(CNC3COC3)cc2)c1. The van der Waals surface area contributed by atoms with Crippen molar-refractivity contribution in [3.8, 4) is 5.69 Å². The van der Waals surface area contributed by atoms with Crippen LogP contribution in [-0.4, -0.2) is 29.0 Å². The van der Waals surface area contributed by atoms with Crippen molar-refractivity contribution in [1.29, 1.82) is 0 Å². The largest absolute Gasteiger partial charge is 0.378 e. The molecule has 0 radical (unpaired) electrons. The van der Waals surface area contributed by atoms with E-state index in [1.54, 1.807) is 6.20 Å². The van der Waals surface area contributed by atoms with Crippen molar-refractivity contribution >= 4 is 0 Å². The molecule has 1 aliphatic heterocycles. The number of aromatic nitrogens is 2. The molecule has 0 spiro atoms. The maximum Gasteiger partial charge on any atom is 0.0645 e. The molecule has 2 aromatic rings. The van der Waals surface area contributed by atoms with Gasteiger partial charge in [-0.2, -0.15) is 5.10 Å². The monoisotopic (exact) mass is 229 g/mol. The van der Waals surface area contributed by atoms with Crippen LogP contribution in [0.1, 0.15) is 5.56 Å². The van der Waals surface area contributed by atoms with Gasteiger partial charge in [-0.05, 0) is 23.8 Å². The Morgan fingerprint density at radius 1 is 1.29 bits per heavy atom. The lowest BCUT2D eigenvalue weighted by atomic mass is 10.2. The minimum Gasteiger partial charge on any atom is -0.378 e. The van der Waals surface area contributed by atoms with E-state index >= 15 is 0 Å². The lowest BCUT2D eigenvalue weighted by Crippen LogP contribution is -2.45. The molecule has 0 unspecified atom stereocenters. The van der Waals surface area contributed by atoms with Crippen LogP contribution in [0.3, 0.4) is 0 Å². The highest BCUT2D eigenvalue weighted by Crippen LogP contribution is 2.09. The van der Waals surface area contributed by atoms with Gasteiger partial charge in [-0.25, -0.2) is 4.68 Å². The van der Waals surface area contributed by atoms with Gasteiger partial charge in [-0.15, -0.1) is 0 Å². The number of nitrogens with one attached hydrogen (secondary N) is 1. The smallest absolute Gasteiger partial charge is 0.0645 e. The molecule has 0 atom stereocenters. The molecule has 4 heteroatoms. The van der Waals surface area contributed by atoms with Crippen LogP contribution < -0.4 is 5.32 Å². The highest BCUT2D eigenvalue weighted by Gasteiger charge is 2.16. The van der Waals surface area contributed by atoms with Crippen LogP contribution in [0.15, 0.2) is 42.7 Å². The molecule has 0 bridgehead atoms. The zero-order valence-corrected chi connectivity index (χ0v) is 9.54. The van der Waals surface area contributed by atoms with Gasteiger partial charge >= 0.3 is 0 Å². The van der Waals surface area contributed by atoms with E-state index in [9.17, 15) is 0 Å². The molecule has 17 heavy (non-hydrogen) atoms. The van der Waals surface area contributed by atoms with E-state index < -0.39 is 0 Å². The second-order valence-electron chi connectivity index (χ2n) is 4.23. The minimum absolute atomic E-state index is 0.529. The number of benzene rings is 1. The van der Waals surface area contributed by atoms with Crippen molar-refractivity contribution in [1.82, 2.24) is 15.1 Å². The summed E-state index contributed by atoms with van der Waals surface area (Å²) < 4.78 is 6.98. The summed E-state index contributed by atoms with van der Waals surface area (Å²) in [4.78, 5) is 0. The van der Waals surface area contributed by atoms with Gasteiger partial charge < -0.3 is 10.1 Å². The highest BCUT2D eigenvalue weighted by atomic mass is 16.5. The molecule has 4 nitrogen and oxygen atoms in total. The lowest BCUT2D eigenvalue weighted by molar-refractivity contribution is -0.00578. The first kappa shape index (κ1) is 10.5. The van der Waals surface area contributed by atoms with Gasteiger partial charge in [-0.1, -0.05) is 12.1 Å². The lowest BCUT2D eigenvalue weighted by Gasteiger charge is -2.27. The third-order valence-electron chi connectivity index (χ3n) is 2.94. The van der Waals surface area contributed by atoms with Crippen molar-refractivity contribution < 1.29 is 4.74 Å². The van der Waals surface area contributed by atoms with Crippen LogP contribution in [0.2, 0.25) is 0 Å². The Morgan fingerprint density at radius 3 is 2.71 bits per heavy atom. The predicted octanol–water partition coefficient (Wildman–Crippen LogP) is 1.36. The van der Waals surface area contributed by atoms with E-state index in [1.165, 1.54) is 5.56 Å². The van der Waals surface area contributed by atoms with Crippen molar-refractivity contribution in [3.05, 3.63) is 48.3 Å². The van der Waals surface area contributed by atoms with Crippen molar-refractivity contribution in [3.63, 3.8) is 0 Å². The third kappa shape index (κ3) is 2.38. The van der Waals surface area contributed by atoms with Gasteiger partial charge in [0, 0.05) is 18.9 Å². The summed E-state index contributed by atoms with van der Waals surface area (Å²) in [6.45, 7) is 2.57. The van der Waals surface area contributed by atoms with Gasteiger partial charge in [0.15, 0.2) is 0 Å².